The summed E-state index contributed by atoms with van der Waals surface area (Å²) in [4.78, 5) is 13.3. The van der Waals surface area contributed by atoms with Crippen molar-refractivity contribution in [2.24, 2.45) is 0 Å². The standard InChI is InChI=1S/C15H21NO/c1-6-7-14(17)16(5)13-10-8-12(9-11-13)15(2,3)4/h6-11H,1-5H3/b7-6+. The first-order valence-electron chi connectivity index (χ1n) is 5.87. The van der Waals surface area contributed by atoms with Gasteiger partial charge < -0.3 is 4.90 Å². The van der Waals surface area contributed by atoms with Crippen molar-refractivity contribution in [2.45, 2.75) is 33.1 Å². The number of carbonyl (C=O) groups excluding carboxylic acids is 1. The molecular formula is C15H21NO. The predicted octanol–water partition coefficient (Wildman–Crippen LogP) is 3.52. The van der Waals surface area contributed by atoms with Gasteiger partial charge in [0.2, 0.25) is 5.91 Å². The van der Waals surface area contributed by atoms with Crippen molar-refractivity contribution in [3.05, 3.63) is 42.0 Å². The summed E-state index contributed by atoms with van der Waals surface area (Å²) < 4.78 is 0. The second-order valence-corrected chi connectivity index (χ2v) is 5.19. The summed E-state index contributed by atoms with van der Waals surface area (Å²) in [5.74, 6) is -0.00370. The zero-order valence-corrected chi connectivity index (χ0v) is 11.3. The van der Waals surface area contributed by atoms with E-state index in [1.54, 1.807) is 24.1 Å². The smallest absolute Gasteiger partial charge is 0.250 e. The Bertz CT molecular complexity index is 410. The van der Waals surface area contributed by atoms with Crippen LogP contribution in [0.3, 0.4) is 0 Å². The number of anilines is 1. The van der Waals surface area contributed by atoms with Gasteiger partial charge in [-0.05, 0) is 36.1 Å². The van der Waals surface area contributed by atoms with Gasteiger partial charge >= 0.3 is 0 Å². The summed E-state index contributed by atoms with van der Waals surface area (Å²) in [6.07, 6.45) is 3.32. The lowest BCUT2D eigenvalue weighted by Crippen LogP contribution is -2.24. The second kappa shape index (κ2) is 5.17. The molecule has 0 saturated heterocycles. The first-order chi connectivity index (χ1) is 7.86. The van der Waals surface area contributed by atoms with Crippen molar-refractivity contribution in [1.82, 2.24) is 0 Å². The van der Waals surface area contributed by atoms with Gasteiger partial charge in [-0.1, -0.05) is 39.0 Å². The maximum Gasteiger partial charge on any atom is 0.250 e. The van der Waals surface area contributed by atoms with Gasteiger partial charge in [0.15, 0.2) is 0 Å². The molecule has 1 aromatic rings. The lowest BCUT2D eigenvalue weighted by atomic mass is 9.87. The number of hydrogen-bond acceptors (Lipinski definition) is 1. The third-order valence-corrected chi connectivity index (χ3v) is 2.76. The Labute approximate surface area is 104 Å². The van der Waals surface area contributed by atoms with Crippen molar-refractivity contribution in [2.75, 3.05) is 11.9 Å². The Morgan fingerprint density at radius 1 is 1.18 bits per heavy atom. The van der Waals surface area contributed by atoms with E-state index in [2.05, 4.69) is 32.9 Å². The summed E-state index contributed by atoms with van der Waals surface area (Å²) in [6, 6.07) is 8.13. The van der Waals surface area contributed by atoms with Crippen LogP contribution in [-0.2, 0) is 10.2 Å². The lowest BCUT2D eigenvalue weighted by molar-refractivity contribution is -0.113. The molecule has 0 aliphatic rings. The molecule has 0 heterocycles. The minimum absolute atomic E-state index is 0.00370. The van der Waals surface area contributed by atoms with Crippen LogP contribution in [0.25, 0.3) is 0 Å². The zero-order valence-electron chi connectivity index (χ0n) is 11.3. The van der Waals surface area contributed by atoms with Gasteiger partial charge in [-0.15, -0.1) is 0 Å². The van der Waals surface area contributed by atoms with Crippen LogP contribution in [0.15, 0.2) is 36.4 Å². The molecule has 0 unspecified atom stereocenters. The highest BCUT2D eigenvalue weighted by molar-refractivity contribution is 6.00. The quantitative estimate of drug-likeness (QED) is 0.713. The third kappa shape index (κ3) is 3.45. The summed E-state index contributed by atoms with van der Waals surface area (Å²) in [6.45, 7) is 8.37. The molecule has 0 aliphatic carbocycles. The van der Waals surface area contributed by atoms with E-state index in [9.17, 15) is 4.79 Å². The molecule has 2 heteroatoms. The summed E-state index contributed by atoms with van der Waals surface area (Å²) in [5.41, 5.74) is 2.33. The van der Waals surface area contributed by atoms with Crippen LogP contribution in [0.2, 0.25) is 0 Å². The molecule has 0 atom stereocenters. The first kappa shape index (κ1) is 13.5. The highest BCUT2D eigenvalue weighted by atomic mass is 16.2. The van der Waals surface area contributed by atoms with Crippen molar-refractivity contribution in [3.63, 3.8) is 0 Å². The monoisotopic (exact) mass is 231 g/mol. The topological polar surface area (TPSA) is 20.3 Å². The van der Waals surface area contributed by atoms with E-state index < -0.39 is 0 Å². The van der Waals surface area contributed by atoms with E-state index in [4.69, 9.17) is 0 Å². The molecular weight excluding hydrogens is 210 g/mol. The Hall–Kier alpha value is -1.57. The van der Waals surface area contributed by atoms with Crippen molar-refractivity contribution < 1.29 is 4.79 Å². The summed E-state index contributed by atoms with van der Waals surface area (Å²) >= 11 is 0. The number of amides is 1. The Balaban J connectivity index is 2.92. The van der Waals surface area contributed by atoms with Gasteiger partial charge in [-0.25, -0.2) is 0 Å². The van der Waals surface area contributed by atoms with Gasteiger partial charge in [-0.2, -0.15) is 0 Å². The van der Waals surface area contributed by atoms with E-state index in [0.29, 0.717) is 0 Å². The van der Waals surface area contributed by atoms with Crippen LogP contribution in [0.4, 0.5) is 5.69 Å². The van der Waals surface area contributed by atoms with Crippen LogP contribution in [0, 0.1) is 0 Å². The molecule has 0 spiro atoms. The normalized spacial score (nSPS) is 11.8. The molecule has 0 radical (unpaired) electrons. The second-order valence-electron chi connectivity index (χ2n) is 5.19. The van der Waals surface area contributed by atoms with E-state index in [-0.39, 0.29) is 11.3 Å². The van der Waals surface area contributed by atoms with E-state index in [0.717, 1.165) is 5.69 Å². The van der Waals surface area contributed by atoms with Gasteiger partial charge in [0.05, 0.1) is 0 Å². The third-order valence-electron chi connectivity index (χ3n) is 2.76. The average Bonchev–Trinajstić information content (AvgIpc) is 2.27. The van der Waals surface area contributed by atoms with Crippen LogP contribution in [0.1, 0.15) is 33.3 Å². The van der Waals surface area contributed by atoms with Crippen LogP contribution in [-0.4, -0.2) is 13.0 Å². The van der Waals surface area contributed by atoms with Crippen molar-refractivity contribution in [1.29, 1.82) is 0 Å². The van der Waals surface area contributed by atoms with Crippen LogP contribution in [0.5, 0.6) is 0 Å². The number of allylic oxidation sites excluding steroid dienone is 1. The fourth-order valence-corrected chi connectivity index (χ4v) is 1.57. The molecule has 1 rings (SSSR count). The zero-order chi connectivity index (χ0) is 13.1. The Morgan fingerprint density at radius 2 is 1.71 bits per heavy atom. The molecule has 0 aliphatic heterocycles. The molecule has 0 fully saturated rings. The number of likely N-dealkylation sites (N-methyl/N-ethyl adjacent to an activating group) is 1. The van der Waals surface area contributed by atoms with Gasteiger partial charge in [0, 0.05) is 12.7 Å². The fraction of sp³-hybridized carbons (Fsp3) is 0.400. The largest absolute Gasteiger partial charge is 0.312 e. The average molecular weight is 231 g/mol. The SMILES string of the molecule is C/C=C/C(=O)N(C)c1ccc(C(C)(C)C)cc1. The molecule has 0 aromatic heterocycles. The number of hydrogen-bond donors (Lipinski definition) is 0. The summed E-state index contributed by atoms with van der Waals surface area (Å²) in [5, 5.41) is 0. The molecule has 92 valence electrons. The van der Waals surface area contributed by atoms with Gasteiger partial charge in [-0.3, -0.25) is 4.79 Å². The molecule has 2 nitrogen and oxygen atoms in total. The maximum atomic E-state index is 11.7. The van der Waals surface area contributed by atoms with Crippen molar-refractivity contribution in [3.8, 4) is 0 Å². The summed E-state index contributed by atoms with van der Waals surface area (Å²) in [7, 11) is 1.79. The minimum atomic E-state index is -0.00370. The van der Waals surface area contributed by atoms with Gasteiger partial charge in [0.1, 0.15) is 0 Å². The van der Waals surface area contributed by atoms with Gasteiger partial charge in [0.25, 0.3) is 0 Å². The van der Waals surface area contributed by atoms with Crippen molar-refractivity contribution >= 4 is 11.6 Å². The fourth-order valence-electron chi connectivity index (χ4n) is 1.57. The molecule has 1 aromatic carbocycles. The molecule has 1 amide bonds. The van der Waals surface area contributed by atoms with Crippen LogP contribution < -0.4 is 4.90 Å². The number of carbonyl (C=O) groups is 1. The van der Waals surface area contributed by atoms with E-state index in [1.807, 2.05) is 19.1 Å². The highest BCUT2D eigenvalue weighted by Crippen LogP contribution is 2.24. The number of nitrogens with zero attached hydrogens (tertiary/aromatic N) is 1. The van der Waals surface area contributed by atoms with E-state index in [1.165, 1.54) is 5.56 Å². The molecule has 17 heavy (non-hydrogen) atoms. The lowest BCUT2D eigenvalue weighted by Gasteiger charge is -2.21. The van der Waals surface area contributed by atoms with Crippen LogP contribution >= 0.6 is 0 Å². The highest BCUT2D eigenvalue weighted by Gasteiger charge is 2.14. The Morgan fingerprint density at radius 3 is 2.12 bits per heavy atom. The predicted molar refractivity (Wildman–Crippen MR) is 73.4 cm³/mol. The molecule has 0 bridgehead atoms. The minimum Gasteiger partial charge on any atom is -0.312 e. The molecule has 0 saturated carbocycles. The first-order valence-corrected chi connectivity index (χ1v) is 5.87. The molecule has 0 N–H and O–H groups in total. The number of benzene rings is 1. The maximum absolute atomic E-state index is 11.7. The van der Waals surface area contributed by atoms with E-state index >= 15 is 0 Å². The Kier molecular flexibility index (Phi) is 4.11. The number of rotatable bonds is 2.